The van der Waals surface area contributed by atoms with E-state index in [0.29, 0.717) is 0 Å². The molecule has 0 N–H and O–H groups in total. The number of hydrogen-bond acceptors (Lipinski definition) is 5. The van der Waals surface area contributed by atoms with Gasteiger partial charge in [-0.3, -0.25) is 0 Å². The Morgan fingerprint density at radius 1 is 0.657 bits per heavy atom. The summed E-state index contributed by atoms with van der Waals surface area (Å²) in [5.41, 5.74) is 0. The van der Waals surface area contributed by atoms with Gasteiger partial charge in [-0.1, -0.05) is 68.2 Å². The molecule has 1 aliphatic heterocycles. The molecule has 35 heavy (non-hydrogen) atoms. The first kappa shape index (κ1) is 33.0. The summed E-state index contributed by atoms with van der Waals surface area (Å²) in [6, 6.07) is 0. The van der Waals surface area contributed by atoms with Crippen molar-refractivity contribution >= 4 is 25.0 Å². The molecule has 1 rings (SSSR count). The van der Waals surface area contributed by atoms with E-state index in [1.807, 2.05) is 0 Å². The fraction of sp³-hybridized carbons (Fsp3) is 0.926. The third-order valence-electron chi connectivity index (χ3n) is 8.77. The van der Waals surface area contributed by atoms with Crippen LogP contribution in [0.25, 0.3) is 0 Å². The summed E-state index contributed by atoms with van der Waals surface area (Å²) in [4.78, 5) is 0. The van der Waals surface area contributed by atoms with E-state index < -0.39 is 37.3 Å². The van der Waals surface area contributed by atoms with Crippen LogP contribution in [-0.4, -0.2) is 62.3 Å². The van der Waals surface area contributed by atoms with Gasteiger partial charge < -0.3 is 22.8 Å². The van der Waals surface area contributed by atoms with Crippen LogP contribution in [0.3, 0.4) is 0 Å². The molecular weight excluding hydrogens is 489 g/mol. The van der Waals surface area contributed by atoms with Crippen molar-refractivity contribution in [2.24, 2.45) is 0 Å². The molecule has 0 aliphatic carbocycles. The third kappa shape index (κ3) is 8.00. The van der Waals surface area contributed by atoms with E-state index >= 15 is 0 Å². The number of terminal acetylenes is 1. The van der Waals surface area contributed by atoms with Crippen molar-refractivity contribution in [1.29, 1.82) is 0 Å². The standard InChI is InChI=1S/C27H56O5Si3/c1-18-19-28-24-23(32-35(16,17)27(9,10)11)22(31-34(14,15)26(6,7)8)21(20(2)29-24)30-33(12,13)25(3,4)5/h1,20-24H,19H2,2-17H3/t20-,21+,22+,23-,24+/m0/s1. The van der Waals surface area contributed by atoms with E-state index in [4.69, 9.17) is 29.2 Å². The minimum absolute atomic E-state index is 0.0179. The van der Waals surface area contributed by atoms with Crippen molar-refractivity contribution in [3.63, 3.8) is 0 Å². The van der Waals surface area contributed by atoms with E-state index in [9.17, 15) is 0 Å². The lowest BCUT2D eigenvalue weighted by Gasteiger charge is -2.54. The molecule has 1 aliphatic rings. The Balaban J connectivity index is 3.66. The number of hydrogen-bond donors (Lipinski definition) is 0. The lowest BCUT2D eigenvalue weighted by Crippen LogP contribution is -2.67. The lowest BCUT2D eigenvalue weighted by molar-refractivity contribution is -0.280. The van der Waals surface area contributed by atoms with Crippen LogP contribution in [0.5, 0.6) is 0 Å². The maximum Gasteiger partial charge on any atom is 0.192 e. The van der Waals surface area contributed by atoms with Crippen molar-refractivity contribution in [1.82, 2.24) is 0 Å². The zero-order chi connectivity index (χ0) is 27.8. The van der Waals surface area contributed by atoms with Crippen molar-refractivity contribution in [3.05, 3.63) is 0 Å². The van der Waals surface area contributed by atoms with Gasteiger partial charge in [0.15, 0.2) is 31.2 Å². The fourth-order valence-electron chi connectivity index (χ4n) is 3.21. The summed E-state index contributed by atoms with van der Waals surface area (Å²) in [5.74, 6) is 2.60. The van der Waals surface area contributed by atoms with Crippen LogP contribution in [0.4, 0.5) is 0 Å². The van der Waals surface area contributed by atoms with Crippen molar-refractivity contribution < 1.29 is 22.8 Å². The average Bonchev–Trinajstić information content (AvgIpc) is 2.62. The van der Waals surface area contributed by atoms with Gasteiger partial charge in [0.25, 0.3) is 0 Å². The summed E-state index contributed by atoms with van der Waals surface area (Å²) < 4.78 is 33.9. The first-order valence-electron chi connectivity index (χ1n) is 13.1. The molecule has 0 aromatic carbocycles. The van der Waals surface area contributed by atoms with Gasteiger partial charge in [0.1, 0.15) is 18.8 Å². The molecule has 1 heterocycles. The Bertz CT molecular complexity index is 738. The van der Waals surface area contributed by atoms with Gasteiger partial charge in [-0.05, 0) is 61.3 Å². The van der Waals surface area contributed by atoms with E-state index in [1.165, 1.54) is 0 Å². The Kier molecular flexibility index (Phi) is 10.4. The Labute approximate surface area is 220 Å². The largest absolute Gasteiger partial charge is 0.409 e. The van der Waals surface area contributed by atoms with Gasteiger partial charge in [-0.15, -0.1) is 6.42 Å². The highest BCUT2D eigenvalue weighted by molar-refractivity contribution is 6.75. The van der Waals surface area contributed by atoms with Crippen molar-refractivity contribution in [2.45, 2.75) is 154 Å². The first-order chi connectivity index (χ1) is 15.4. The van der Waals surface area contributed by atoms with Gasteiger partial charge in [-0.2, -0.15) is 0 Å². The second-order valence-electron chi connectivity index (χ2n) is 14.8. The number of rotatable bonds is 8. The molecule has 0 aromatic rings. The molecule has 0 spiro atoms. The minimum Gasteiger partial charge on any atom is -0.409 e. The zero-order valence-electron chi connectivity index (χ0n) is 25.7. The van der Waals surface area contributed by atoms with Crippen LogP contribution in [0.15, 0.2) is 0 Å². The van der Waals surface area contributed by atoms with Gasteiger partial charge in [-0.25, -0.2) is 0 Å². The van der Waals surface area contributed by atoms with Crippen LogP contribution in [0.1, 0.15) is 69.2 Å². The highest BCUT2D eigenvalue weighted by atomic mass is 28.4. The maximum atomic E-state index is 7.19. The van der Waals surface area contributed by atoms with Crippen LogP contribution < -0.4 is 0 Å². The summed E-state index contributed by atoms with van der Waals surface area (Å²) in [7, 11) is -6.52. The van der Waals surface area contributed by atoms with E-state index in [-0.39, 0.29) is 40.0 Å². The van der Waals surface area contributed by atoms with E-state index in [1.54, 1.807) is 0 Å². The molecule has 0 saturated carbocycles. The Morgan fingerprint density at radius 3 is 1.34 bits per heavy atom. The highest BCUT2D eigenvalue weighted by Gasteiger charge is 2.55. The molecule has 1 saturated heterocycles. The second kappa shape index (κ2) is 11.0. The predicted octanol–water partition coefficient (Wildman–Crippen LogP) is 7.55. The summed E-state index contributed by atoms with van der Waals surface area (Å²) >= 11 is 0. The predicted molar refractivity (Wildman–Crippen MR) is 155 cm³/mol. The molecule has 0 amide bonds. The van der Waals surface area contributed by atoms with Crippen LogP contribution in [-0.2, 0) is 22.8 Å². The molecular formula is C27H56O5Si3. The molecule has 0 radical (unpaired) electrons. The Hall–Kier alpha value is 0.0106. The maximum absolute atomic E-state index is 7.19. The fourth-order valence-corrected chi connectivity index (χ4v) is 7.15. The summed E-state index contributed by atoms with van der Waals surface area (Å²) in [6.45, 7) is 36.2. The van der Waals surface area contributed by atoms with Gasteiger partial charge in [0, 0.05) is 0 Å². The zero-order valence-corrected chi connectivity index (χ0v) is 28.7. The third-order valence-corrected chi connectivity index (χ3v) is 22.2. The second-order valence-corrected chi connectivity index (χ2v) is 29.0. The molecule has 1 fully saturated rings. The van der Waals surface area contributed by atoms with E-state index in [2.05, 4.69) is 114 Å². The van der Waals surface area contributed by atoms with Crippen LogP contribution in [0, 0.1) is 12.3 Å². The SMILES string of the molecule is C#CCO[C@@H]1O[C@@H](C)[C@@H](O[Si](C)(C)C(C)(C)C)[C@@H](O[Si](C)(C)C(C)(C)C)[C@@H]1O[Si](C)(C)C(C)(C)C. The van der Waals surface area contributed by atoms with Gasteiger partial charge >= 0.3 is 0 Å². The van der Waals surface area contributed by atoms with Crippen LogP contribution in [0.2, 0.25) is 54.4 Å². The first-order valence-corrected chi connectivity index (χ1v) is 21.8. The lowest BCUT2D eigenvalue weighted by atomic mass is 10.00. The quantitative estimate of drug-likeness (QED) is 0.233. The average molecular weight is 545 g/mol. The smallest absolute Gasteiger partial charge is 0.192 e. The van der Waals surface area contributed by atoms with Crippen molar-refractivity contribution in [2.75, 3.05) is 6.61 Å². The Morgan fingerprint density at radius 2 is 1.00 bits per heavy atom. The molecule has 0 bridgehead atoms. The monoisotopic (exact) mass is 544 g/mol. The summed E-state index contributed by atoms with van der Waals surface area (Å²) in [6.07, 6.45) is 3.74. The molecule has 0 aromatic heterocycles. The molecule has 0 unspecified atom stereocenters. The summed E-state index contributed by atoms with van der Waals surface area (Å²) in [5, 5.41) is 0.109. The van der Waals surface area contributed by atoms with Crippen molar-refractivity contribution in [3.8, 4) is 12.3 Å². The van der Waals surface area contributed by atoms with E-state index in [0.717, 1.165) is 0 Å². The van der Waals surface area contributed by atoms with Gasteiger partial charge in [0.05, 0.1) is 12.2 Å². The van der Waals surface area contributed by atoms with Crippen LogP contribution >= 0.6 is 0 Å². The molecule has 8 heteroatoms. The van der Waals surface area contributed by atoms with Gasteiger partial charge in [0.2, 0.25) is 0 Å². The highest BCUT2D eigenvalue weighted by Crippen LogP contribution is 2.45. The normalized spacial score (nSPS) is 27.6. The topological polar surface area (TPSA) is 46.2 Å². The molecule has 206 valence electrons. The molecule has 5 nitrogen and oxygen atoms in total. The minimum atomic E-state index is -2.20. The molecule has 5 atom stereocenters. The number of ether oxygens (including phenoxy) is 2.